The van der Waals surface area contributed by atoms with Gasteiger partial charge in [0.25, 0.3) is 0 Å². The summed E-state index contributed by atoms with van der Waals surface area (Å²) >= 11 is 0. The Labute approximate surface area is 137 Å². The van der Waals surface area contributed by atoms with Gasteiger partial charge in [0.05, 0.1) is 11.1 Å². The monoisotopic (exact) mass is 326 g/mol. The number of hydrogen-bond acceptors (Lipinski definition) is 4. The maximum Gasteiger partial charge on any atom is 0.327 e. The van der Waals surface area contributed by atoms with E-state index < -0.39 is 16.4 Å². The van der Waals surface area contributed by atoms with E-state index in [1.807, 2.05) is 37.5 Å². The van der Waals surface area contributed by atoms with Crippen LogP contribution in [0.5, 0.6) is 0 Å². The zero-order valence-corrected chi connectivity index (χ0v) is 12.9. The number of benzene rings is 2. The molecule has 3 rings (SSSR count). The van der Waals surface area contributed by atoms with Crippen LogP contribution >= 0.6 is 0 Å². The van der Waals surface area contributed by atoms with Crippen LogP contribution in [0, 0.1) is 15.9 Å². The van der Waals surface area contributed by atoms with Crippen LogP contribution in [-0.2, 0) is 13.6 Å². The lowest BCUT2D eigenvalue weighted by Gasteiger charge is -2.08. The van der Waals surface area contributed by atoms with Crippen LogP contribution in [-0.4, -0.2) is 14.7 Å². The number of nitrogens with one attached hydrogen (secondary N) is 1. The summed E-state index contributed by atoms with van der Waals surface area (Å²) in [4.78, 5) is 10.3. The summed E-state index contributed by atoms with van der Waals surface area (Å²) < 4.78 is 15.3. The molecule has 0 spiro atoms. The Morgan fingerprint density at radius 3 is 2.75 bits per heavy atom. The van der Waals surface area contributed by atoms with Crippen molar-refractivity contribution in [3.8, 4) is 11.1 Å². The zero-order chi connectivity index (χ0) is 17.1. The van der Waals surface area contributed by atoms with E-state index in [-0.39, 0.29) is 5.69 Å². The zero-order valence-electron chi connectivity index (χ0n) is 12.9. The molecule has 0 saturated heterocycles. The lowest BCUT2D eigenvalue weighted by molar-refractivity contribution is -0.386. The maximum atomic E-state index is 13.6. The molecule has 122 valence electrons. The fraction of sp³-hybridized carbons (Fsp3) is 0.118. The third-order valence-electron chi connectivity index (χ3n) is 3.62. The number of nitro groups is 1. The Kier molecular flexibility index (Phi) is 4.24. The Balaban J connectivity index is 1.81. The first-order valence-electron chi connectivity index (χ1n) is 7.29. The molecule has 0 aliphatic heterocycles. The minimum Gasteiger partial charge on any atom is -0.375 e. The van der Waals surface area contributed by atoms with Crippen LogP contribution in [0.3, 0.4) is 0 Å². The van der Waals surface area contributed by atoms with E-state index in [4.69, 9.17) is 0 Å². The van der Waals surface area contributed by atoms with E-state index in [1.165, 1.54) is 12.1 Å². The number of rotatable bonds is 5. The summed E-state index contributed by atoms with van der Waals surface area (Å²) in [5, 5.41) is 18.1. The second-order valence-corrected chi connectivity index (χ2v) is 5.35. The first-order chi connectivity index (χ1) is 11.5. The van der Waals surface area contributed by atoms with Crippen molar-refractivity contribution in [3.63, 3.8) is 0 Å². The van der Waals surface area contributed by atoms with Crippen LogP contribution in [0.2, 0.25) is 0 Å². The number of aryl methyl sites for hydroxylation is 1. The van der Waals surface area contributed by atoms with Crippen molar-refractivity contribution in [3.05, 3.63) is 76.4 Å². The summed E-state index contributed by atoms with van der Waals surface area (Å²) in [7, 11) is 1.85. The average Bonchev–Trinajstić information content (AvgIpc) is 2.99. The van der Waals surface area contributed by atoms with E-state index in [0.717, 1.165) is 22.8 Å². The van der Waals surface area contributed by atoms with Gasteiger partial charge in [0.2, 0.25) is 5.82 Å². The molecular weight excluding hydrogens is 311 g/mol. The second kappa shape index (κ2) is 6.49. The fourth-order valence-electron chi connectivity index (χ4n) is 2.47. The first-order valence-corrected chi connectivity index (χ1v) is 7.29. The lowest BCUT2D eigenvalue weighted by Crippen LogP contribution is -2.04. The Morgan fingerprint density at radius 1 is 1.25 bits per heavy atom. The number of aromatic nitrogens is 2. The Bertz CT molecular complexity index is 892. The van der Waals surface area contributed by atoms with E-state index in [2.05, 4.69) is 10.4 Å². The highest BCUT2D eigenvalue weighted by molar-refractivity contribution is 5.64. The highest BCUT2D eigenvalue weighted by Crippen LogP contribution is 2.28. The van der Waals surface area contributed by atoms with Gasteiger partial charge in [0.15, 0.2) is 0 Å². The largest absolute Gasteiger partial charge is 0.375 e. The summed E-state index contributed by atoms with van der Waals surface area (Å²) in [6.07, 6.45) is 3.67. The van der Waals surface area contributed by atoms with Gasteiger partial charge in [0, 0.05) is 25.4 Å². The summed E-state index contributed by atoms with van der Waals surface area (Å²) in [6, 6.07) is 11.7. The molecule has 0 saturated carbocycles. The molecule has 0 radical (unpaired) electrons. The van der Waals surface area contributed by atoms with E-state index in [0.29, 0.717) is 6.54 Å². The molecule has 1 aromatic heterocycles. The van der Waals surface area contributed by atoms with Gasteiger partial charge in [-0.05, 0) is 29.3 Å². The lowest BCUT2D eigenvalue weighted by atomic mass is 10.1. The van der Waals surface area contributed by atoms with Crippen molar-refractivity contribution in [2.24, 2.45) is 7.05 Å². The number of hydrogen-bond donors (Lipinski definition) is 1. The summed E-state index contributed by atoms with van der Waals surface area (Å²) in [5.74, 6) is -0.853. The molecule has 0 aliphatic carbocycles. The third kappa shape index (κ3) is 3.24. The van der Waals surface area contributed by atoms with Gasteiger partial charge in [-0.25, -0.2) is 0 Å². The van der Waals surface area contributed by atoms with Gasteiger partial charge in [0.1, 0.15) is 5.69 Å². The third-order valence-corrected chi connectivity index (χ3v) is 3.62. The van der Waals surface area contributed by atoms with Gasteiger partial charge in [-0.3, -0.25) is 14.8 Å². The van der Waals surface area contributed by atoms with E-state index >= 15 is 0 Å². The fourth-order valence-corrected chi connectivity index (χ4v) is 2.47. The number of para-hydroxylation sites is 1. The van der Waals surface area contributed by atoms with Gasteiger partial charge in [-0.2, -0.15) is 9.49 Å². The van der Waals surface area contributed by atoms with Gasteiger partial charge >= 0.3 is 5.69 Å². The van der Waals surface area contributed by atoms with Crippen molar-refractivity contribution in [2.45, 2.75) is 6.54 Å². The molecular formula is C17H15FN4O2. The highest BCUT2D eigenvalue weighted by Gasteiger charge is 2.19. The molecule has 6 nitrogen and oxygen atoms in total. The predicted molar refractivity (Wildman–Crippen MR) is 89.0 cm³/mol. The molecule has 0 unspecified atom stereocenters. The minimum atomic E-state index is -0.853. The quantitative estimate of drug-likeness (QED) is 0.572. The van der Waals surface area contributed by atoms with Crippen LogP contribution < -0.4 is 5.32 Å². The summed E-state index contributed by atoms with van der Waals surface area (Å²) in [5.41, 5.74) is 2.52. The van der Waals surface area contributed by atoms with Crippen LogP contribution in [0.1, 0.15) is 5.56 Å². The molecule has 24 heavy (non-hydrogen) atoms. The van der Waals surface area contributed by atoms with Crippen LogP contribution in [0.25, 0.3) is 11.1 Å². The molecule has 1 heterocycles. The number of halogens is 1. The molecule has 7 heteroatoms. The SMILES string of the molecule is Cn1cc(-c2cccc(CNc3cccc(F)c3[N+](=O)[O-])c2)cn1. The van der Waals surface area contributed by atoms with Crippen molar-refractivity contribution >= 4 is 11.4 Å². The van der Waals surface area contributed by atoms with Crippen LogP contribution in [0.4, 0.5) is 15.8 Å². The molecule has 0 fully saturated rings. The normalized spacial score (nSPS) is 10.6. The Hall–Kier alpha value is -3.22. The smallest absolute Gasteiger partial charge is 0.327 e. The topological polar surface area (TPSA) is 73.0 Å². The molecule has 0 amide bonds. The van der Waals surface area contributed by atoms with Crippen LogP contribution in [0.15, 0.2) is 54.9 Å². The van der Waals surface area contributed by atoms with E-state index in [9.17, 15) is 14.5 Å². The second-order valence-electron chi connectivity index (χ2n) is 5.35. The molecule has 0 aliphatic rings. The van der Waals surface area contributed by atoms with Crippen molar-refractivity contribution in [1.29, 1.82) is 0 Å². The van der Waals surface area contributed by atoms with Gasteiger partial charge in [-0.15, -0.1) is 0 Å². The minimum absolute atomic E-state index is 0.159. The molecule has 2 aromatic carbocycles. The van der Waals surface area contributed by atoms with E-state index in [1.54, 1.807) is 10.9 Å². The van der Waals surface area contributed by atoms with Crippen molar-refractivity contribution in [2.75, 3.05) is 5.32 Å². The predicted octanol–water partition coefficient (Wildman–Crippen LogP) is 3.75. The van der Waals surface area contributed by atoms with Crippen molar-refractivity contribution in [1.82, 2.24) is 9.78 Å². The molecule has 1 N–H and O–H groups in total. The van der Waals surface area contributed by atoms with Crippen molar-refractivity contribution < 1.29 is 9.31 Å². The average molecular weight is 326 g/mol. The van der Waals surface area contributed by atoms with Gasteiger partial charge < -0.3 is 5.32 Å². The first kappa shape index (κ1) is 15.7. The summed E-state index contributed by atoms with van der Waals surface area (Å²) in [6.45, 7) is 0.346. The maximum absolute atomic E-state index is 13.6. The standard InChI is InChI=1S/C17H15FN4O2/c1-21-11-14(10-20-21)13-5-2-4-12(8-13)9-19-16-7-3-6-15(18)17(16)22(23)24/h2-8,10-11,19H,9H2,1H3. The highest BCUT2D eigenvalue weighted by atomic mass is 19.1. The number of nitrogens with zero attached hydrogens (tertiary/aromatic N) is 3. The Morgan fingerprint density at radius 2 is 2.04 bits per heavy atom. The molecule has 0 bridgehead atoms. The number of anilines is 1. The molecule has 0 atom stereocenters. The van der Waals surface area contributed by atoms with Gasteiger partial charge in [-0.1, -0.05) is 24.3 Å². The number of nitro benzene ring substituents is 1. The molecule has 3 aromatic rings.